The normalized spacial score (nSPS) is 15.6. The second-order valence-corrected chi connectivity index (χ2v) is 6.56. The van der Waals surface area contributed by atoms with E-state index < -0.39 is 0 Å². The average molecular weight is 344 g/mol. The van der Waals surface area contributed by atoms with Crippen LogP contribution in [0.25, 0.3) is 0 Å². The van der Waals surface area contributed by atoms with Gasteiger partial charge in [-0.1, -0.05) is 0 Å². The number of nitrogens with zero attached hydrogens (tertiary/aromatic N) is 4. The quantitative estimate of drug-likeness (QED) is 0.866. The van der Waals surface area contributed by atoms with E-state index in [0.717, 1.165) is 44.2 Å². The van der Waals surface area contributed by atoms with E-state index in [1.54, 1.807) is 7.11 Å². The average Bonchev–Trinajstić information content (AvgIpc) is 2.90. The summed E-state index contributed by atoms with van der Waals surface area (Å²) in [5.74, 6) is 0.897. The van der Waals surface area contributed by atoms with Gasteiger partial charge in [-0.25, -0.2) is 0 Å². The zero-order chi connectivity index (χ0) is 17.8. The Kier molecular flexibility index (Phi) is 5.60. The summed E-state index contributed by atoms with van der Waals surface area (Å²) in [6.45, 7) is 9.90. The SMILES string of the molecule is COc1ccc(N2CCN(Cc3c(C)nn(CCO)c3C)CC2)cc1. The standard InChI is InChI=1S/C19H28N4O2/c1-15-19(16(2)23(20-15)12-13-24)14-21-8-10-22(11-9-21)17-4-6-18(25-3)7-5-17/h4-7,24H,8-14H2,1-3H3. The molecule has 0 radical (unpaired) electrons. The Morgan fingerprint density at radius 3 is 2.36 bits per heavy atom. The smallest absolute Gasteiger partial charge is 0.119 e. The predicted molar refractivity (Wildman–Crippen MR) is 99.3 cm³/mol. The topological polar surface area (TPSA) is 53.8 Å². The highest BCUT2D eigenvalue weighted by Gasteiger charge is 2.20. The summed E-state index contributed by atoms with van der Waals surface area (Å²) in [6.07, 6.45) is 0. The molecule has 25 heavy (non-hydrogen) atoms. The van der Waals surface area contributed by atoms with Crippen LogP contribution in [0.2, 0.25) is 0 Å². The van der Waals surface area contributed by atoms with Gasteiger partial charge in [-0.15, -0.1) is 0 Å². The Morgan fingerprint density at radius 1 is 1.08 bits per heavy atom. The predicted octanol–water partition coefficient (Wildman–Crippen LogP) is 1.82. The second-order valence-electron chi connectivity index (χ2n) is 6.56. The third-order valence-corrected chi connectivity index (χ3v) is 5.03. The fourth-order valence-corrected chi connectivity index (χ4v) is 3.46. The zero-order valence-corrected chi connectivity index (χ0v) is 15.4. The molecule has 0 saturated carbocycles. The van der Waals surface area contributed by atoms with Crippen LogP contribution in [0.1, 0.15) is 17.0 Å². The van der Waals surface area contributed by atoms with Gasteiger partial charge < -0.3 is 14.7 Å². The number of aryl methyl sites for hydroxylation is 1. The molecule has 136 valence electrons. The number of ether oxygens (including phenoxy) is 1. The van der Waals surface area contributed by atoms with E-state index >= 15 is 0 Å². The van der Waals surface area contributed by atoms with Crippen LogP contribution in [0.15, 0.2) is 24.3 Å². The van der Waals surface area contributed by atoms with Crippen LogP contribution < -0.4 is 9.64 Å². The fraction of sp³-hybridized carbons (Fsp3) is 0.526. The van der Waals surface area contributed by atoms with E-state index in [1.807, 2.05) is 16.8 Å². The first kappa shape index (κ1) is 17.8. The molecule has 0 aliphatic carbocycles. The minimum absolute atomic E-state index is 0.127. The molecule has 1 aromatic heterocycles. The van der Waals surface area contributed by atoms with Crippen LogP contribution in [0.4, 0.5) is 5.69 Å². The van der Waals surface area contributed by atoms with Crippen LogP contribution >= 0.6 is 0 Å². The lowest BCUT2D eigenvalue weighted by Crippen LogP contribution is -2.46. The highest BCUT2D eigenvalue weighted by molar-refractivity contribution is 5.49. The van der Waals surface area contributed by atoms with Gasteiger partial charge in [0.1, 0.15) is 5.75 Å². The number of methoxy groups -OCH3 is 1. The van der Waals surface area contributed by atoms with E-state index in [4.69, 9.17) is 9.84 Å². The summed E-state index contributed by atoms with van der Waals surface area (Å²) in [5.41, 5.74) is 4.79. The van der Waals surface area contributed by atoms with Gasteiger partial charge >= 0.3 is 0 Å². The number of hydrogen-bond donors (Lipinski definition) is 1. The molecule has 1 aromatic carbocycles. The van der Waals surface area contributed by atoms with Crippen molar-refractivity contribution < 1.29 is 9.84 Å². The molecular formula is C19H28N4O2. The molecule has 1 fully saturated rings. The van der Waals surface area contributed by atoms with E-state index in [2.05, 4.69) is 40.9 Å². The molecule has 1 aliphatic rings. The molecule has 2 heterocycles. The molecule has 1 saturated heterocycles. The van der Waals surface area contributed by atoms with E-state index in [-0.39, 0.29) is 6.61 Å². The number of aliphatic hydroxyl groups excluding tert-OH is 1. The number of benzene rings is 1. The Morgan fingerprint density at radius 2 is 1.76 bits per heavy atom. The summed E-state index contributed by atoms with van der Waals surface area (Å²) in [6, 6.07) is 8.29. The number of hydrogen-bond acceptors (Lipinski definition) is 5. The van der Waals surface area contributed by atoms with Crippen molar-refractivity contribution in [3.63, 3.8) is 0 Å². The van der Waals surface area contributed by atoms with Crippen molar-refractivity contribution in [2.75, 3.05) is 44.8 Å². The number of aromatic nitrogens is 2. The van der Waals surface area contributed by atoms with Gasteiger partial charge in [0.25, 0.3) is 0 Å². The van der Waals surface area contributed by atoms with Gasteiger partial charge in [0, 0.05) is 49.7 Å². The molecule has 0 atom stereocenters. The summed E-state index contributed by atoms with van der Waals surface area (Å²) in [4.78, 5) is 4.91. The van der Waals surface area contributed by atoms with E-state index in [0.29, 0.717) is 6.54 Å². The van der Waals surface area contributed by atoms with Crippen molar-refractivity contribution in [2.45, 2.75) is 26.9 Å². The van der Waals surface area contributed by atoms with Crippen molar-refractivity contribution in [1.29, 1.82) is 0 Å². The molecule has 0 unspecified atom stereocenters. The lowest BCUT2D eigenvalue weighted by atomic mass is 10.1. The number of rotatable bonds is 6. The third kappa shape index (κ3) is 3.96. The molecule has 0 amide bonds. The third-order valence-electron chi connectivity index (χ3n) is 5.03. The van der Waals surface area contributed by atoms with Gasteiger partial charge in [0.15, 0.2) is 0 Å². The van der Waals surface area contributed by atoms with Gasteiger partial charge in [-0.05, 0) is 38.1 Å². The Bertz CT molecular complexity index is 688. The van der Waals surface area contributed by atoms with Crippen LogP contribution in [0.3, 0.4) is 0 Å². The molecule has 3 rings (SSSR count). The molecule has 1 aliphatic heterocycles. The first-order valence-corrected chi connectivity index (χ1v) is 8.87. The van der Waals surface area contributed by atoms with Crippen molar-refractivity contribution in [3.8, 4) is 5.75 Å². The minimum Gasteiger partial charge on any atom is -0.497 e. The highest BCUT2D eigenvalue weighted by atomic mass is 16.5. The van der Waals surface area contributed by atoms with Crippen molar-refractivity contribution in [1.82, 2.24) is 14.7 Å². The highest BCUT2D eigenvalue weighted by Crippen LogP contribution is 2.22. The van der Waals surface area contributed by atoms with Crippen molar-refractivity contribution >= 4 is 5.69 Å². The maximum absolute atomic E-state index is 9.15. The van der Waals surface area contributed by atoms with Crippen molar-refractivity contribution in [3.05, 3.63) is 41.2 Å². The Balaban J connectivity index is 1.59. The summed E-state index contributed by atoms with van der Waals surface area (Å²) in [5, 5.41) is 13.7. The molecular weight excluding hydrogens is 316 g/mol. The molecule has 1 N–H and O–H groups in total. The molecule has 6 heteroatoms. The maximum Gasteiger partial charge on any atom is 0.119 e. The van der Waals surface area contributed by atoms with E-state index in [1.165, 1.54) is 16.9 Å². The van der Waals surface area contributed by atoms with Crippen LogP contribution in [0, 0.1) is 13.8 Å². The number of piperazine rings is 1. The minimum atomic E-state index is 0.127. The first-order valence-electron chi connectivity index (χ1n) is 8.87. The summed E-state index contributed by atoms with van der Waals surface area (Å²) >= 11 is 0. The zero-order valence-electron chi connectivity index (χ0n) is 15.4. The lowest BCUT2D eigenvalue weighted by molar-refractivity contribution is 0.248. The number of anilines is 1. The van der Waals surface area contributed by atoms with Gasteiger partial charge in [-0.3, -0.25) is 9.58 Å². The maximum atomic E-state index is 9.15. The van der Waals surface area contributed by atoms with Crippen molar-refractivity contribution in [2.24, 2.45) is 0 Å². The summed E-state index contributed by atoms with van der Waals surface area (Å²) in [7, 11) is 1.69. The lowest BCUT2D eigenvalue weighted by Gasteiger charge is -2.36. The van der Waals surface area contributed by atoms with Gasteiger partial charge in [0.05, 0.1) is 26.0 Å². The second kappa shape index (κ2) is 7.89. The van der Waals surface area contributed by atoms with E-state index in [9.17, 15) is 0 Å². The van der Waals surface area contributed by atoms with Crippen LogP contribution in [0.5, 0.6) is 5.75 Å². The van der Waals surface area contributed by atoms with Crippen LogP contribution in [-0.4, -0.2) is 59.7 Å². The Hall–Kier alpha value is -2.05. The summed E-state index contributed by atoms with van der Waals surface area (Å²) < 4.78 is 7.15. The molecule has 0 bridgehead atoms. The fourth-order valence-electron chi connectivity index (χ4n) is 3.46. The molecule has 2 aromatic rings. The van der Waals surface area contributed by atoms with Gasteiger partial charge in [-0.2, -0.15) is 5.10 Å². The Labute approximate surface area is 149 Å². The van der Waals surface area contributed by atoms with Crippen LogP contribution in [-0.2, 0) is 13.1 Å². The molecule has 0 spiro atoms. The molecule has 6 nitrogen and oxygen atoms in total. The number of aliphatic hydroxyl groups is 1. The largest absolute Gasteiger partial charge is 0.497 e. The van der Waals surface area contributed by atoms with Gasteiger partial charge in [0.2, 0.25) is 0 Å². The monoisotopic (exact) mass is 344 g/mol. The first-order chi connectivity index (χ1) is 12.1.